The summed E-state index contributed by atoms with van der Waals surface area (Å²) in [6.07, 6.45) is 2.70. The van der Waals surface area contributed by atoms with Crippen LogP contribution in [0.5, 0.6) is 0 Å². The van der Waals surface area contributed by atoms with Crippen molar-refractivity contribution >= 4 is 17.5 Å². The molecule has 21 heavy (non-hydrogen) atoms. The average molecular weight is 286 g/mol. The van der Waals surface area contributed by atoms with Gasteiger partial charge in [-0.25, -0.2) is 0 Å². The lowest BCUT2D eigenvalue weighted by Gasteiger charge is -2.39. The van der Waals surface area contributed by atoms with Gasteiger partial charge in [0.05, 0.1) is 0 Å². The Bertz CT molecular complexity index is 592. The fourth-order valence-electron chi connectivity index (χ4n) is 3.13. The second-order valence-corrected chi connectivity index (χ2v) is 6.18. The first-order chi connectivity index (χ1) is 10.0. The molecule has 2 unspecified atom stereocenters. The summed E-state index contributed by atoms with van der Waals surface area (Å²) < 4.78 is 0. The molecule has 1 aromatic rings. The zero-order valence-electron chi connectivity index (χ0n) is 12.8. The van der Waals surface area contributed by atoms with Crippen molar-refractivity contribution in [2.75, 3.05) is 4.90 Å². The summed E-state index contributed by atoms with van der Waals surface area (Å²) in [5, 5.41) is 2.93. The van der Waals surface area contributed by atoms with Gasteiger partial charge >= 0.3 is 0 Å². The number of hydrogen-bond acceptors (Lipinski definition) is 2. The van der Waals surface area contributed by atoms with Crippen LogP contribution in [0.3, 0.4) is 0 Å². The minimum Gasteiger partial charge on any atom is -0.342 e. The summed E-state index contributed by atoms with van der Waals surface area (Å²) in [5.41, 5.74) is 3.10. The molecule has 1 N–H and O–H groups in total. The van der Waals surface area contributed by atoms with Crippen molar-refractivity contribution in [3.63, 3.8) is 0 Å². The minimum absolute atomic E-state index is 0.0186. The third kappa shape index (κ3) is 2.33. The van der Waals surface area contributed by atoms with Crippen LogP contribution < -0.4 is 10.2 Å². The Morgan fingerprint density at radius 2 is 1.95 bits per heavy atom. The van der Waals surface area contributed by atoms with Crippen molar-refractivity contribution in [1.82, 2.24) is 5.32 Å². The summed E-state index contributed by atoms with van der Waals surface area (Å²) in [4.78, 5) is 27.0. The molecule has 2 amide bonds. The molecule has 1 heterocycles. The van der Waals surface area contributed by atoms with Crippen molar-refractivity contribution in [3.8, 4) is 0 Å². The Kier molecular flexibility index (Phi) is 3.47. The van der Waals surface area contributed by atoms with Gasteiger partial charge in [-0.3, -0.25) is 14.5 Å². The summed E-state index contributed by atoms with van der Waals surface area (Å²) in [6.45, 7) is 6.00. The lowest BCUT2D eigenvalue weighted by Crippen LogP contribution is -2.64. The maximum absolute atomic E-state index is 12.9. The second kappa shape index (κ2) is 5.17. The number of nitrogens with one attached hydrogen (secondary N) is 1. The van der Waals surface area contributed by atoms with E-state index < -0.39 is 6.04 Å². The molecule has 0 radical (unpaired) electrons. The van der Waals surface area contributed by atoms with E-state index in [1.54, 1.807) is 4.90 Å². The van der Waals surface area contributed by atoms with Gasteiger partial charge < -0.3 is 5.32 Å². The lowest BCUT2D eigenvalue weighted by atomic mass is 9.98. The van der Waals surface area contributed by atoms with Gasteiger partial charge in [-0.2, -0.15) is 0 Å². The molecule has 2 atom stereocenters. The number of amides is 2. The minimum atomic E-state index is -0.395. The largest absolute Gasteiger partial charge is 0.342 e. The SMILES string of the molecule is CCC1C(=O)NC(C2CC2)C(=O)N1c1cccc(C)c1C. The zero-order valence-corrected chi connectivity index (χ0v) is 12.8. The quantitative estimate of drug-likeness (QED) is 0.927. The number of nitrogens with zero attached hydrogens (tertiary/aromatic N) is 1. The Labute approximate surface area is 125 Å². The van der Waals surface area contributed by atoms with E-state index in [9.17, 15) is 9.59 Å². The van der Waals surface area contributed by atoms with Crippen LogP contribution in [0.4, 0.5) is 5.69 Å². The Morgan fingerprint density at radius 1 is 1.24 bits per heavy atom. The van der Waals surface area contributed by atoms with E-state index in [1.807, 2.05) is 39.0 Å². The molecule has 1 aromatic carbocycles. The highest BCUT2D eigenvalue weighted by Gasteiger charge is 2.47. The predicted molar refractivity (Wildman–Crippen MR) is 82.1 cm³/mol. The predicted octanol–water partition coefficient (Wildman–Crippen LogP) is 2.32. The van der Waals surface area contributed by atoms with E-state index in [0.717, 1.165) is 29.7 Å². The van der Waals surface area contributed by atoms with Gasteiger partial charge in [0.25, 0.3) is 5.91 Å². The van der Waals surface area contributed by atoms with Crippen molar-refractivity contribution in [2.24, 2.45) is 5.92 Å². The highest BCUT2D eigenvalue weighted by atomic mass is 16.2. The van der Waals surface area contributed by atoms with E-state index in [1.165, 1.54) is 0 Å². The molecule has 112 valence electrons. The molecule has 0 bridgehead atoms. The number of piperazine rings is 1. The van der Waals surface area contributed by atoms with Crippen LogP contribution in [0.25, 0.3) is 0 Å². The normalized spacial score (nSPS) is 26.0. The first-order valence-corrected chi connectivity index (χ1v) is 7.74. The Balaban J connectivity index is 2.04. The topological polar surface area (TPSA) is 49.4 Å². The van der Waals surface area contributed by atoms with Crippen molar-refractivity contribution < 1.29 is 9.59 Å². The number of hydrogen-bond donors (Lipinski definition) is 1. The fraction of sp³-hybridized carbons (Fsp3) is 0.529. The molecule has 1 aliphatic carbocycles. The fourth-order valence-corrected chi connectivity index (χ4v) is 3.13. The van der Waals surface area contributed by atoms with Crippen LogP contribution in [-0.2, 0) is 9.59 Å². The average Bonchev–Trinajstić information content (AvgIpc) is 3.28. The number of aryl methyl sites for hydroxylation is 1. The Morgan fingerprint density at radius 3 is 2.57 bits per heavy atom. The van der Waals surface area contributed by atoms with Crippen LogP contribution in [0, 0.1) is 19.8 Å². The molecule has 1 aliphatic heterocycles. The van der Waals surface area contributed by atoms with Gasteiger partial charge in [0.15, 0.2) is 0 Å². The summed E-state index contributed by atoms with van der Waals surface area (Å²) in [6, 6.07) is 5.21. The molecule has 0 aromatic heterocycles. The van der Waals surface area contributed by atoms with Gasteiger partial charge in [0, 0.05) is 5.69 Å². The number of carbonyl (C=O) groups excluding carboxylic acids is 2. The molecule has 4 heteroatoms. The highest BCUT2D eigenvalue weighted by Crippen LogP contribution is 2.37. The summed E-state index contributed by atoms with van der Waals surface area (Å²) in [7, 11) is 0. The van der Waals surface area contributed by atoms with Crippen LogP contribution >= 0.6 is 0 Å². The zero-order chi connectivity index (χ0) is 15.1. The van der Waals surface area contributed by atoms with Gasteiger partial charge in [-0.05, 0) is 56.2 Å². The Hall–Kier alpha value is -1.84. The van der Waals surface area contributed by atoms with Gasteiger partial charge in [0.1, 0.15) is 12.1 Å². The first-order valence-electron chi connectivity index (χ1n) is 7.74. The van der Waals surface area contributed by atoms with E-state index in [0.29, 0.717) is 12.3 Å². The van der Waals surface area contributed by atoms with E-state index in [-0.39, 0.29) is 17.9 Å². The first kappa shape index (κ1) is 14.1. The van der Waals surface area contributed by atoms with Crippen LogP contribution in [0.15, 0.2) is 18.2 Å². The monoisotopic (exact) mass is 286 g/mol. The van der Waals surface area contributed by atoms with Crippen molar-refractivity contribution in [3.05, 3.63) is 29.3 Å². The lowest BCUT2D eigenvalue weighted by molar-refractivity contribution is -0.134. The maximum atomic E-state index is 12.9. The van der Waals surface area contributed by atoms with E-state index in [4.69, 9.17) is 0 Å². The molecule has 2 aliphatic rings. The molecule has 4 nitrogen and oxygen atoms in total. The number of rotatable bonds is 3. The molecule has 2 fully saturated rings. The van der Waals surface area contributed by atoms with Crippen LogP contribution in [0.2, 0.25) is 0 Å². The molecular formula is C17H22N2O2. The van der Waals surface area contributed by atoms with Crippen molar-refractivity contribution in [1.29, 1.82) is 0 Å². The maximum Gasteiger partial charge on any atom is 0.250 e. The summed E-state index contributed by atoms with van der Waals surface area (Å²) in [5.74, 6) is 0.361. The second-order valence-electron chi connectivity index (χ2n) is 6.18. The van der Waals surface area contributed by atoms with E-state index in [2.05, 4.69) is 5.32 Å². The highest BCUT2D eigenvalue weighted by molar-refractivity contribution is 6.09. The molecule has 1 saturated carbocycles. The van der Waals surface area contributed by atoms with E-state index >= 15 is 0 Å². The third-order valence-electron chi connectivity index (χ3n) is 4.73. The summed E-state index contributed by atoms with van der Waals surface area (Å²) >= 11 is 0. The standard InChI is InChI=1S/C17H22N2O2/c1-4-13-16(20)18-15(12-8-9-12)17(21)19(13)14-7-5-6-10(2)11(14)3/h5-7,12-13,15H,4,8-9H2,1-3H3,(H,18,20). The molecule has 1 saturated heterocycles. The number of anilines is 1. The smallest absolute Gasteiger partial charge is 0.250 e. The van der Waals surface area contributed by atoms with Crippen LogP contribution in [0.1, 0.15) is 37.3 Å². The molecular weight excluding hydrogens is 264 g/mol. The molecule has 0 spiro atoms. The van der Waals surface area contributed by atoms with Gasteiger partial charge in [0.2, 0.25) is 5.91 Å². The van der Waals surface area contributed by atoms with Crippen LogP contribution in [-0.4, -0.2) is 23.9 Å². The third-order valence-corrected chi connectivity index (χ3v) is 4.73. The van der Waals surface area contributed by atoms with Gasteiger partial charge in [-0.15, -0.1) is 0 Å². The number of benzene rings is 1. The molecule has 3 rings (SSSR count). The number of carbonyl (C=O) groups is 2. The van der Waals surface area contributed by atoms with Gasteiger partial charge in [-0.1, -0.05) is 19.1 Å². The van der Waals surface area contributed by atoms with Crippen molar-refractivity contribution in [2.45, 2.75) is 52.1 Å².